The van der Waals surface area contributed by atoms with E-state index in [1.165, 1.54) is 71.1 Å². The van der Waals surface area contributed by atoms with E-state index in [0.29, 0.717) is 11.8 Å². The maximum atomic E-state index is 11.9. The second-order valence-electron chi connectivity index (χ2n) is 11.5. The molecule has 2 aromatic carbocycles. The average molecular weight is 497 g/mol. The van der Waals surface area contributed by atoms with Crippen LogP contribution in [0.4, 0.5) is 0 Å². The number of fused-ring (bicyclic) bond motifs is 7. The number of carbonyl (C=O) groups is 1. The second-order valence-corrected chi connectivity index (χ2v) is 11.5. The van der Waals surface area contributed by atoms with E-state index in [2.05, 4.69) is 39.8 Å². The zero-order valence-electron chi connectivity index (χ0n) is 21.8. The molecule has 4 aliphatic rings. The summed E-state index contributed by atoms with van der Waals surface area (Å²) in [4.78, 5) is 14.3. The fraction of sp³-hybridized carbons (Fsp3) is 0.469. The van der Waals surface area contributed by atoms with Gasteiger partial charge in [0.1, 0.15) is 12.0 Å². The van der Waals surface area contributed by atoms with E-state index < -0.39 is 0 Å². The van der Waals surface area contributed by atoms with Crippen molar-refractivity contribution in [2.24, 2.45) is 5.41 Å². The number of methoxy groups -OCH3 is 1. The van der Waals surface area contributed by atoms with Crippen LogP contribution >= 0.6 is 0 Å². The molecule has 0 amide bonds. The summed E-state index contributed by atoms with van der Waals surface area (Å²) in [5.41, 5.74) is 8.74. The molecule has 5 heteroatoms. The highest BCUT2D eigenvalue weighted by Crippen LogP contribution is 2.68. The van der Waals surface area contributed by atoms with Crippen LogP contribution in [0.15, 0.2) is 48.7 Å². The van der Waals surface area contributed by atoms with E-state index in [1.54, 1.807) is 7.11 Å². The molecule has 2 aliphatic carbocycles. The van der Waals surface area contributed by atoms with Crippen molar-refractivity contribution in [3.8, 4) is 17.0 Å². The summed E-state index contributed by atoms with van der Waals surface area (Å²) in [7, 11) is 1.76. The monoisotopic (exact) mass is 496 g/mol. The van der Waals surface area contributed by atoms with Crippen LogP contribution in [-0.2, 0) is 11.3 Å². The Morgan fingerprint density at radius 2 is 1.92 bits per heavy atom. The predicted molar refractivity (Wildman–Crippen MR) is 146 cm³/mol. The number of hydrogen-bond acceptors (Lipinski definition) is 4. The molecular formula is C32H36N2O3. The molecule has 3 aromatic rings. The number of aldehydes is 1. The van der Waals surface area contributed by atoms with Gasteiger partial charge in [0, 0.05) is 52.8 Å². The van der Waals surface area contributed by atoms with Crippen LogP contribution in [0.25, 0.3) is 22.2 Å². The number of aromatic nitrogens is 1. The molecule has 1 aromatic heterocycles. The number of allylic oxidation sites excluding steroid dienone is 1. The fourth-order valence-corrected chi connectivity index (χ4v) is 7.63. The van der Waals surface area contributed by atoms with Crippen molar-refractivity contribution < 1.29 is 14.3 Å². The van der Waals surface area contributed by atoms with Crippen molar-refractivity contribution in [1.82, 2.24) is 9.47 Å². The Morgan fingerprint density at radius 1 is 1.11 bits per heavy atom. The maximum absolute atomic E-state index is 11.9. The lowest BCUT2D eigenvalue weighted by atomic mass is 9.81. The Bertz CT molecular complexity index is 1390. The summed E-state index contributed by atoms with van der Waals surface area (Å²) in [6.45, 7) is 8.95. The van der Waals surface area contributed by atoms with E-state index in [1.807, 2.05) is 6.07 Å². The molecule has 5 nitrogen and oxygen atoms in total. The van der Waals surface area contributed by atoms with Gasteiger partial charge in [-0.3, -0.25) is 4.79 Å². The first-order valence-electron chi connectivity index (χ1n) is 14.0. The summed E-state index contributed by atoms with van der Waals surface area (Å²) in [5, 5.41) is 1.32. The smallest absolute Gasteiger partial charge is 0.150 e. The summed E-state index contributed by atoms with van der Waals surface area (Å²) >= 11 is 0. The highest BCUT2D eigenvalue weighted by atomic mass is 16.5. The molecule has 2 saturated carbocycles. The van der Waals surface area contributed by atoms with Gasteiger partial charge in [-0.25, -0.2) is 0 Å². The van der Waals surface area contributed by atoms with E-state index in [4.69, 9.17) is 16.1 Å². The Morgan fingerprint density at radius 3 is 2.68 bits per heavy atom. The van der Waals surface area contributed by atoms with Gasteiger partial charge in [-0.15, -0.1) is 0 Å². The molecule has 0 bridgehead atoms. The van der Waals surface area contributed by atoms with E-state index in [-0.39, 0.29) is 5.41 Å². The molecule has 7 rings (SSSR count). The van der Waals surface area contributed by atoms with Crippen LogP contribution in [0.1, 0.15) is 71.8 Å². The number of carbonyl (C=O) groups excluding carboxylic acids is 1. The summed E-state index contributed by atoms with van der Waals surface area (Å²) in [6.07, 6.45) is 8.46. The van der Waals surface area contributed by atoms with Crippen molar-refractivity contribution >= 4 is 17.2 Å². The Labute approximate surface area is 219 Å². The van der Waals surface area contributed by atoms with Gasteiger partial charge in [0.15, 0.2) is 0 Å². The lowest BCUT2D eigenvalue weighted by Crippen LogP contribution is -2.39. The first-order valence-corrected chi connectivity index (χ1v) is 14.0. The first kappa shape index (κ1) is 23.1. The predicted octanol–water partition coefficient (Wildman–Crippen LogP) is 6.51. The van der Waals surface area contributed by atoms with Crippen molar-refractivity contribution in [1.29, 1.82) is 0 Å². The molecule has 2 atom stereocenters. The van der Waals surface area contributed by atoms with Gasteiger partial charge in [0.2, 0.25) is 0 Å². The SMILES string of the molecule is C=C(N1CCOCC1)C12CC1c1cc(OC)ccc1-c1c(C3CCCCC3)c3ccc(C=O)cc3n1C2. The van der Waals surface area contributed by atoms with Crippen LogP contribution in [0.3, 0.4) is 0 Å². The molecule has 192 valence electrons. The van der Waals surface area contributed by atoms with Crippen molar-refractivity contribution in [3.05, 3.63) is 65.4 Å². The normalized spacial score (nSPS) is 25.1. The number of rotatable bonds is 5. The van der Waals surface area contributed by atoms with Gasteiger partial charge in [0.25, 0.3) is 0 Å². The lowest BCUT2D eigenvalue weighted by molar-refractivity contribution is 0.0465. The summed E-state index contributed by atoms with van der Waals surface area (Å²) < 4.78 is 14.0. The summed E-state index contributed by atoms with van der Waals surface area (Å²) in [5.74, 6) is 1.89. The molecule has 2 aliphatic heterocycles. The van der Waals surface area contributed by atoms with Crippen molar-refractivity contribution in [3.63, 3.8) is 0 Å². The zero-order valence-corrected chi connectivity index (χ0v) is 21.8. The molecule has 1 saturated heterocycles. The molecule has 3 heterocycles. The molecule has 0 radical (unpaired) electrons. The molecule has 2 unspecified atom stereocenters. The number of hydrogen-bond donors (Lipinski definition) is 0. The standard InChI is InChI=1S/C32H36N2O3/c1-21(33-12-14-37-15-13-33)32-18-28(32)27-17-24(36-2)9-11-25(27)31-30(23-6-4-3-5-7-23)26-10-8-22(19-35)16-29(26)34(31)20-32/h8-11,16-17,19,23,28H,1,3-7,12-15,18,20H2,2H3. The number of ether oxygens (including phenoxy) is 2. The van der Waals surface area contributed by atoms with E-state index >= 15 is 0 Å². The third-order valence-corrected chi connectivity index (χ3v) is 9.65. The van der Waals surface area contributed by atoms with Gasteiger partial charge in [-0.05, 0) is 66.5 Å². The van der Waals surface area contributed by atoms with Gasteiger partial charge in [0.05, 0.1) is 26.0 Å². The third-order valence-electron chi connectivity index (χ3n) is 9.65. The van der Waals surface area contributed by atoms with Crippen LogP contribution in [0, 0.1) is 5.41 Å². The minimum Gasteiger partial charge on any atom is -0.497 e. The highest BCUT2D eigenvalue weighted by Gasteiger charge is 2.60. The molecule has 0 spiro atoms. The van der Waals surface area contributed by atoms with Gasteiger partial charge < -0.3 is 18.9 Å². The van der Waals surface area contributed by atoms with Crippen LogP contribution in [0.2, 0.25) is 0 Å². The van der Waals surface area contributed by atoms with Crippen LogP contribution in [-0.4, -0.2) is 49.2 Å². The number of nitrogens with zero attached hydrogens (tertiary/aromatic N) is 2. The van der Waals surface area contributed by atoms with Gasteiger partial charge in [-0.2, -0.15) is 0 Å². The lowest BCUT2D eigenvalue weighted by Gasteiger charge is -2.35. The Balaban J connectivity index is 1.48. The van der Waals surface area contributed by atoms with E-state index in [9.17, 15) is 4.79 Å². The largest absolute Gasteiger partial charge is 0.497 e. The Kier molecular flexibility index (Phi) is 5.47. The minimum atomic E-state index is -0.0311. The number of morpholine rings is 1. The summed E-state index contributed by atoms with van der Waals surface area (Å²) in [6, 6.07) is 13.0. The second kappa shape index (κ2) is 8.76. The molecule has 37 heavy (non-hydrogen) atoms. The maximum Gasteiger partial charge on any atom is 0.150 e. The zero-order chi connectivity index (χ0) is 25.1. The quantitative estimate of drug-likeness (QED) is 0.378. The number of benzene rings is 2. The average Bonchev–Trinajstić information content (AvgIpc) is 3.63. The van der Waals surface area contributed by atoms with E-state index in [0.717, 1.165) is 56.9 Å². The molecule has 3 fully saturated rings. The third kappa shape index (κ3) is 3.50. The molecule has 0 N–H and O–H groups in total. The fourth-order valence-electron chi connectivity index (χ4n) is 7.63. The van der Waals surface area contributed by atoms with Crippen molar-refractivity contribution in [2.45, 2.75) is 56.9 Å². The van der Waals surface area contributed by atoms with Gasteiger partial charge in [-0.1, -0.05) is 38.0 Å². The first-order chi connectivity index (χ1) is 18.1. The molecular weight excluding hydrogens is 460 g/mol. The minimum absolute atomic E-state index is 0.0311. The van der Waals surface area contributed by atoms with Gasteiger partial charge >= 0.3 is 0 Å². The highest BCUT2D eigenvalue weighted by molar-refractivity contribution is 5.96. The van der Waals surface area contributed by atoms with Crippen molar-refractivity contribution in [2.75, 3.05) is 33.4 Å². The van der Waals surface area contributed by atoms with Crippen LogP contribution in [0.5, 0.6) is 5.75 Å². The Hall–Kier alpha value is -3.05. The topological polar surface area (TPSA) is 43.7 Å². The van der Waals surface area contributed by atoms with Crippen LogP contribution < -0.4 is 4.74 Å².